The number of fused-ring (bicyclic) bond motifs is 1. The molecule has 0 bridgehead atoms. The number of carbonyl (C=O) groups excluding carboxylic acids is 1. The van der Waals surface area contributed by atoms with E-state index in [1.807, 2.05) is 31.7 Å². The number of benzene rings is 1. The lowest BCUT2D eigenvalue weighted by molar-refractivity contribution is 0.0643. The van der Waals surface area contributed by atoms with E-state index in [9.17, 15) is 4.79 Å². The second-order valence-electron chi connectivity index (χ2n) is 6.37. The molecule has 0 radical (unpaired) electrons. The summed E-state index contributed by atoms with van der Waals surface area (Å²) in [5, 5.41) is 0.404. The van der Waals surface area contributed by atoms with Gasteiger partial charge in [-0.05, 0) is 44.5 Å². The maximum atomic E-state index is 13.1. The molecule has 1 aliphatic heterocycles. The predicted molar refractivity (Wildman–Crippen MR) is 102 cm³/mol. The molecule has 1 amide bonds. The molecule has 2 aromatic rings. The number of ether oxygens (including phenoxy) is 2. The van der Waals surface area contributed by atoms with E-state index in [1.54, 1.807) is 12.1 Å². The molecular formula is C20H25ClN2O3. The molecule has 140 valence electrons. The van der Waals surface area contributed by atoms with Gasteiger partial charge in [-0.3, -0.25) is 4.79 Å². The molecule has 6 heteroatoms. The number of hydrogen-bond acceptors (Lipinski definition) is 3. The summed E-state index contributed by atoms with van der Waals surface area (Å²) in [7, 11) is 0. The van der Waals surface area contributed by atoms with Crippen LogP contribution in [-0.4, -0.2) is 35.1 Å². The zero-order chi connectivity index (χ0) is 18.7. The molecule has 1 unspecified atom stereocenters. The fourth-order valence-corrected chi connectivity index (χ4v) is 3.59. The molecule has 0 aliphatic carbocycles. The van der Waals surface area contributed by atoms with Gasteiger partial charge in [0.15, 0.2) is 11.5 Å². The van der Waals surface area contributed by atoms with Crippen molar-refractivity contribution in [3.63, 3.8) is 0 Å². The molecule has 0 fully saturated rings. The molecule has 26 heavy (non-hydrogen) atoms. The first-order valence-electron chi connectivity index (χ1n) is 9.12. The second kappa shape index (κ2) is 8.04. The molecule has 0 saturated carbocycles. The van der Waals surface area contributed by atoms with Gasteiger partial charge in [-0.15, -0.1) is 0 Å². The van der Waals surface area contributed by atoms with Gasteiger partial charge in [0.25, 0.3) is 5.91 Å². The highest BCUT2D eigenvalue weighted by Gasteiger charge is 2.29. The maximum absolute atomic E-state index is 13.1. The van der Waals surface area contributed by atoms with Crippen LogP contribution in [0.5, 0.6) is 11.5 Å². The minimum Gasteiger partial charge on any atom is -0.490 e. The van der Waals surface area contributed by atoms with Crippen LogP contribution in [-0.2, 0) is 6.54 Å². The van der Waals surface area contributed by atoms with E-state index in [-0.39, 0.29) is 11.9 Å². The number of halogens is 1. The first-order chi connectivity index (χ1) is 12.6. The van der Waals surface area contributed by atoms with Gasteiger partial charge in [0.1, 0.15) is 0 Å². The topological polar surface area (TPSA) is 43.7 Å². The number of carbonyl (C=O) groups is 1. The zero-order valence-corrected chi connectivity index (χ0v) is 16.3. The number of rotatable bonds is 6. The molecule has 1 aromatic carbocycles. The first kappa shape index (κ1) is 18.6. The van der Waals surface area contributed by atoms with Crippen molar-refractivity contribution in [1.82, 2.24) is 9.47 Å². The van der Waals surface area contributed by atoms with Crippen molar-refractivity contribution in [3.8, 4) is 11.5 Å². The van der Waals surface area contributed by atoms with Crippen LogP contribution >= 0.6 is 11.6 Å². The molecular weight excluding hydrogens is 352 g/mol. The third-order valence-electron chi connectivity index (χ3n) is 4.61. The van der Waals surface area contributed by atoms with E-state index in [0.29, 0.717) is 41.8 Å². The fraction of sp³-hybridized carbons (Fsp3) is 0.450. The van der Waals surface area contributed by atoms with E-state index in [1.165, 1.54) is 0 Å². The molecule has 2 heterocycles. The van der Waals surface area contributed by atoms with Crippen molar-refractivity contribution in [2.24, 2.45) is 0 Å². The van der Waals surface area contributed by atoms with E-state index in [4.69, 9.17) is 21.1 Å². The largest absolute Gasteiger partial charge is 0.490 e. The quantitative estimate of drug-likeness (QED) is 0.743. The third-order valence-corrected chi connectivity index (χ3v) is 4.89. The Morgan fingerprint density at radius 2 is 2.08 bits per heavy atom. The van der Waals surface area contributed by atoms with Crippen molar-refractivity contribution in [2.45, 2.75) is 39.8 Å². The summed E-state index contributed by atoms with van der Waals surface area (Å²) < 4.78 is 13.6. The van der Waals surface area contributed by atoms with Gasteiger partial charge in [0, 0.05) is 30.5 Å². The van der Waals surface area contributed by atoms with Crippen molar-refractivity contribution < 1.29 is 14.3 Å². The lowest BCUT2D eigenvalue weighted by Gasteiger charge is -2.35. The van der Waals surface area contributed by atoms with Crippen LogP contribution in [0, 0.1) is 0 Å². The Kier molecular flexibility index (Phi) is 5.77. The van der Waals surface area contributed by atoms with Gasteiger partial charge in [0.05, 0.1) is 24.3 Å². The Bertz CT molecular complexity index is 787. The Hall–Kier alpha value is -2.14. The van der Waals surface area contributed by atoms with E-state index in [2.05, 4.69) is 16.8 Å². The number of aromatic nitrogens is 1. The molecule has 1 aromatic heterocycles. The van der Waals surface area contributed by atoms with Gasteiger partial charge in [0.2, 0.25) is 0 Å². The van der Waals surface area contributed by atoms with Gasteiger partial charge in [-0.25, -0.2) is 0 Å². The summed E-state index contributed by atoms with van der Waals surface area (Å²) in [5.74, 6) is 0.979. The van der Waals surface area contributed by atoms with Gasteiger partial charge < -0.3 is 18.9 Å². The second-order valence-corrected chi connectivity index (χ2v) is 6.77. The van der Waals surface area contributed by atoms with Crippen molar-refractivity contribution in [1.29, 1.82) is 0 Å². The summed E-state index contributed by atoms with van der Waals surface area (Å²) in [6.45, 7) is 8.45. The van der Waals surface area contributed by atoms with Crippen LogP contribution in [0.4, 0.5) is 0 Å². The summed E-state index contributed by atoms with van der Waals surface area (Å²) in [6.07, 6.45) is 2.92. The Labute approximate surface area is 159 Å². The first-order valence-corrected chi connectivity index (χ1v) is 9.49. The van der Waals surface area contributed by atoms with Crippen LogP contribution < -0.4 is 9.47 Å². The van der Waals surface area contributed by atoms with E-state index < -0.39 is 0 Å². The molecule has 5 nitrogen and oxygen atoms in total. The summed E-state index contributed by atoms with van der Waals surface area (Å²) in [4.78, 5) is 15.0. The minimum atomic E-state index is -0.0464. The highest BCUT2D eigenvalue weighted by molar-refractivity contribution is 6.32. The third kappa shape index (κ3) is 3.54. The lowest BCUT2D eigenvalue weighted by Crippen LogP contribution is -2.40. The predicted octanol–water partition coefficient (Wildman–Crippen LogP) is 4.55. The van der Waals surface area contributed by atoms with Crippen LogP contribution in [0.1, 0.15) is 49.3 Å². The highest BCUT2D eigenvalue weighted by atomic mass is 35.5. The number of nitrogens with zero attached hydrogens (tertiary/aromatic N) is 2. The molecule has 0 saturated heterocycles. The SMILES string of the molecule is CCCOc1c(Cl)cc(C(=O)N2CCn3cccc3C2C)cc1OCC. The Morgan fingerprint density at radius 3 is 2.81 bits per heavy atom. The zero-order valence-electron chi connectivity index (χ0n) is 15.5. The van der Waals surface area contributed by atoms with Crippen LogP contribution in [0.15, 0.2) is 30.5 Å². The van der Waals surface area contributed by atoms with Gasteiger partial charge >= 0.3 is 0 Å². The Balaban J connectivity index is 1.90. The average Bonchev–Trinajstić information content (AvgIpc) is 3.10. The molecule has 3 rings (SSSR count). The van der Waals surface area contributed by atoms with E-state index in [0.717, 1.165) is 18.7 Å². The molecule has 0 spiro atoms. The monoisotopic (exact) mass is 376 g/mol. The van der Waals surface area contributed by atoms with Crippen LogP contribution in [0.25, 0.3) is 0 Å². The summed E-state index contributed by atoms with van der Waals surface area (Å²) >= 11 is 6.41. The van der Waals surface area contributed by atoms with Crippen LogP contribution in [0.2, 0.25) is 5.02 Å². The van der Waals surface area contributed by atoms with Gasteiger partial charge in [-0.1, -0.05) is 18.5 Å². The normalized spacial score (nSPS) is 16.3. The number of hydrogen-bond donors (Lipinski definition) is 0. The molecule has 0 N–H and O–H groups in total. The van der Waals surface area contributed by atoms with Crippen LogP contribution in [0.3, 0.4) is 0 Å². The lowest BCUT2D eigenvalue weighted by atomic mass is 10.1. The summed E-state index contributed by atoms with van der Waals surface area (Å²) in [5.41, 5.74) is 1.66. The standard InChI is InChI=1S/C20H25ClN2O3/c1-4-11-26-19-16(21)12-15(13-18(19)25-5-2)20(24)23-10-9-22-8-6-7-17(22)14(23)3/h6-8,12-14H,4-5,9-11H2,1-3H3. The average molecular weight is 377 g/mol. The summed E-state index contributed by atoms with van der Waals surface area (Å²) in [6, 6.07) is 7.51. The molecule has 1 atom stereocenters. The fourth-order valence-electron chi connectivity index (χ4n) is 3.32. The smallest absolute Gasteiger partial charge is 0.254 e. The van der Waals surface area contributed by atoms with Crippen molar-refractivity contribution >= 4 is 17.5 Å². The van der Waals surface area contributed by atoms with Crippen molar-refractivity contribution in [3.05, 3.63) is 46.7 Å². The minimum absolute atomic E-state index is 0.0107. The number of amides is 1. The van der Waals surface area contributed by atoms with Gasteiger partial charge in [-0.2, -0.15) is 0 Å². The van der Waals surface area contributed by atoms with E-state index >= 15 is 0 Å². The maximum Gasteiger partial charge on any atom is 0.254 e. The molecule has 1 aliphatic rings. The highest BCUT2D eigenvalue weighted by Crippen LogP contribution is 2.38. The van der Waals surface area contributed by atoms with Crippen molar-refractivity contribution in [2.75, 3.05) is 19.8 Å². The Morgan fingerprint density at radius 1 is 1.27 bits per heavy atom.